The predicted octanol–water partition coefficient (Wildman–Crippen LogP) is 2.37. The summed E-state index contributed by atoms with van der Waals surface area (Å²) in [7, 11) is 0. The van der Waals surface area contributed by atoms with E-state index in [-0.39, 0.29) is 6.04 Å². The van der Waals surface area contributed by atoms with Gasteiger partial charge in [-0.15, -0.1) is 0 Å². The first-order valence-corrected chi connectivity index (χ1v) is 5.47. The minimum absolute atomic E-state index is 0.228. The van der Waals surface area contributed by atoms with Crippen molar-refractivity contribution in [3.05, 3.63) is 41.5 Å². The molecule has 2 heteroatoms. The van der Waals surface area contributed by atoms with Crippen LogP contribution in [-0.4, -0.2) is 11.1 Å². The van der Waals surface area contributed by atoms with Gasteiger partial charge in [0.15, 0.2) is 0 Å². The Hall–Kier alpha value is -1.28. The maximum atomic E-state index is 9.35. The number of allylic oxidation sites excluding steroid dienone is 1. The van der Waals surface area contributed by atoms with E-state index in [1.165, 1.54) is 12.0 Å². The quantitative estimate of drug-likeness (QED) is 0.725. The summed E-state index contributed by atoms with van der Waals surface area (Å²) in [6.45, 7) is 0. The Morgan fingerprint density at radius 3 is 3.00 bits per heavy atom. The van der Waals surface area contributed by atoms with Crippen LogP contribution in [0.5, 0.6) is 5.75 Å². The van der Waals surface area contributed by atoms with Crippen LogP contribution in [0.2, 0.25) is 0 Å². The maximum absolute atomic E-state index is 9.35. The molecule has 1 aromatic carbocycles. The third-order valence-electron chi connectivity index (χ3n) is 2.83. The Labute approximate surface area is 90.4 Å². The number of nitrogens with two attached hydrogens (primary N) is 1. The molecular formula is C13H17NO. The number of hydrogen-bond acceptors (Lipinski definition) is 2. The van der Waals surface area contributed by atoms with Gasteiger partial charge in [-0.1, -0.05) is 23.8 Å². The van der Waals surface area contributed by atoms with Crippen LogP contribution in [0.4, 0.5) is 0 Å². The summed E-state index contributed by atoms with van der Waals surface area (Å²) >= 11 is 0. The lowest BCUT2D eigenvalue weighted by molar-refractivity contribution is 0.474. The normalized spacial score (nSPS) is 21.1. The van der Waals surface area contributed by atoms with Gasteiger partial charge in [0.2, 0.25) is 0 Å². The fourth-order valence-corrected chi connectivity index (χ4v) is 2.11. The Balaban J connectivity index is 2.08. The Bertz CT molecular complexity index is 371. The molecule has 15 heavy (non-hydrogen) atoms. The molecule has 2 nitrogen and oxygen atoms in total. The summed E-state index contributed by atoms with van der Waals surface area (Å²) < 4.78 is 0. The van der Waals surface area contributed by atoms with Gasteiger partial charge in [0.1, 0.15) is 5.75 Å². The van der Waals surface area contributed by atoms with Gasteiger partial charge in [-0.2, -0.15) is 0 Å². The molecule has 0 saturated heterocycles. The van der Waals surface area contributed by atoms with Gasteiger partial charge in [0.25, 0.3) is 0 Å². The average Bonchev–Trinajstić information content (AvgIpc) is 2.17. The Morgan fingerprint density at radius 1 is 1.40 bits per heavy atom. The molecule has 0 fully saturated rings. The molecule has 1 aliphatic rings. The van der Waals surface area contributed by atoms with Gasteiger partial charge < -0.3 is 10.8 Å². The Kier molecular flexibility index (Phi) is 3.07. The highest BCUT2D eigenvalue weighted by Crippen LogP contribution is 2.22. The van der Waals surface area contributed by atoms with Crippen molar-refractivity contribution < 1.29 is 5.11 Å². The van der Waals surface area contributed by atoms with Crippen molar-refractivity contribution in [2.24, 2.45) is 5.73 Å². The van der Waals surface area contributed by atoms with E-state index in [4.69, 9.17) is 5.73 Å². The molecule has 80 valence electrons. The number of rotatable bonds is 2. The molecular weight excluding hydrogens is 186 g/mol. The summed E-state index contributed by atoms with van der Waals surface area (Å²) in [6, 6.07) is 7.67. The van der Waals surface area contributed by atoms with E-state index in [1.54, 1.807) is 6.07 Å². The summed E-state index contributed by atoms with van der Waals surface area (Å²) in [6.07, 6.45) is 6.52. The van der Waals surface area contributed by atoms with Crippen LogP contribution in [-0.2, 0) is 6.42 Å². The highest BCUT2D eigenvalue weighted by atomic mass is 16.3. The van der Waals surface area contributed by atoms with Crippen LogP contribution < -0.4 is 5.73 Å². The molecule has 1 aromatic rings. The van der Waals surface area contributed by atoms with Crippen LogP contribution >= 0.6 is 0 Å². The molecule has 1 atom stereocenters. The van der Waals surface area contributed by atoms with E-state index in [0.29, 0.717) is 5.75 Å². The molecule has 0 spiro atoms. The molecule has 0 aliphatic heterocycles. The van der Waals surface area contributed by atoms with Crippen LogP contribution in [0, 0.1) is 0 Å². The van der Waals surface area contributed by atoms with E-state index in [1.807, 2.05) is 18.2 Å². The zero-order chi connectivity index (χ0) is 10.7. The van der Waals surface area contributed by atoms with E-state index >= 15 is 0 Å². The number of aromatic hydroxyl groups is 1. The van der Waals surface area contributed by atoms with Crippen LogP contribution in [0.3, 0.4) is 0 Å². The molecule has 0 radical (unpaired) electrons. The van der Waals surface area contributed by atoms with Gasteiger partial charge >= 0.3 is 0 Å². The van der Waals surface area contributed by atoms with Crippen molar-refractivity contribution in [1.82, 2.24) is 0 Å². The lowest BCUT2D eigenvalue weighted by atomic mass is 9.92. The first-order chi connectivity index (χ1) is 7.24. The molecule has 0 amide bonds. The van der Waals surface area contributed by atoms with Crippen molar-refractivity contribution in [3.8, 4) is 5.75 Å². The third-order valence-corrected chi connectivity index (χ3v) is 2.83. The standard InChI is InChI=1S/C13H17NO/c14-12-5-1-3-10(8-12)7-11-4-2-6-13(15)9-11/h2,4,6,8-9,12,15H,1,3,5,7,14H2. The smallest absolute Gasteiger partial charge is 0.115 e. The molecule has 1 aliphatic carbocycles. The minimum atomic E-state index is 0.228. The largest absolute Gasteiger partial charge is 0.508 e. The third kappa shape index (κ3) is 2.83. The first-order valence-electron chi connectivity index (χ1n) is 5.47. The zero-order valence-electron chi connectivity index (χ0n) is 8.82. The van der Waals surface area contributed by atoms with Crippen molar-refractivity contribution in [2.75, 3.05) is 0 Å². The van der Waals surface area contributed by atoms with Gasteiger partial charge in [-0.05, 0) is 43.4 Å². The monoisotopic (exact) mass is 203 g/mol. The summed E-state index contributed by atoms with van der Waals surface area (Å²) in [5, 5.41) is 9.35. The second kappa shape index (κ2) is 4.49. The van der Waals surface area contributed by atoms with Gasteiger partial charge in [-0.3, -0.25) is 0 Å². The van der Waals surface area contributed by atoms with Crippen LogP contribution in [0.15, 0.2) is 35.9 Å². The van der Waals surface area contributed by atoms with Crippen molar-refractivity contribution in [2.45, 2.75) is 31.7 Å². The summed E-state index contributed by atoms with van der Waals surface area (Å²) in [4.78, 5) is 0. The molecule has 1 unspecified atom stereocenters. The fourth-order valence-electron chi connectivity index (χ4n) is 2.11. The maximum Gasteiger partial charge on any atom is 0.115 e. The first kappa shape index (κ1) is 10.2. The lowest BCUT2D eigenvalue weighted by Gasteiger charge is -2.17. The summed E-state index contributed by atoms with van der Waals surface area (Å²) in [5.41, 5.74) is 8.45. The van der Waals surface area contributed by atoms with Gasteiger partial charge in [-0.25, -0.2) is 0 Å². The number of phenols is 1. The van der Waals surface area contributed by atoms with E-state index in [2.05, 4.69) is 6.08 Å². The molecule has 2 rings (SSSR count). The highest BCUT2D eigenvalue weighted by molar-refractivity contribution is 5.30. The Morgan fingerprint density at radius 2 is 2.27 bits per heavy atom. The number of phenolic OH excluding ortho intramolecular Hbond substituents is 1. The van der Waals surface area contributed by atoms with Crippen LogP contribution in [0.1, 0.15) is 24.8 Å². The topological polar surface area (TPSA) is 46.2 Å². The van der Waals surface area contributed by atoms with Crippen molar-refractivity contribution >= 4 is 0 Å². The summed E-state index contributed by atoms with van der Waals surface area (Å²) in [5.74, 6) is 0.341. The number of benzene rings is 1. The number of hydrogen-bond donors (Lipinski definition) is 2. The molecule has 0 saturated carbocycles. The van der Waals surface area contributed by atoms with Gasteiger partial charge in [0, 0.05) is 6.04 Å². The second-order valence-electron chi connectivity index (χ2n) is 4.23. The van der Waals surface area contributed by atoms with Crippen molar-refractivity contribution in [3.63, 3.8) is 0 Å². The van der Waals surface area contributed by atoms with E-state index in [9.17, 15) is 5.11 Å². The van der Waals surface area contributed by atoms with E-state index < -0.39 is 0 Å². The predicted molar refractivity (Wildman–Crippen MR) is 61.7 cm³/mol. The zero-order valence-corrected chi connectivity index (χ0v) is 8.82. The SMILES string of the molecule is NC1C=C(Cc2cccc(O)c2)CCC1. The van der Waals surface area contributed by atoms with E-state index in [0.717, 1.165) is 24.8 Å². The molecule has 0 heterocycles. The highest BCUT2D eigenvalue weighted by Gasteiger charge is 2.10. The molecule has 3 N–H and O–H groups in total. The molecule has 0 aromatic heterocycles. The average molecular weight is 203 g/mol. The molecule has 0 bridgehead atoms. The van der Waals surface area contributed by atoms with Gasteiger partial charge in [0.05, 0.1) is 0 Å². The lowest BCUT2D eigenvalue weighted by Crippen LogP contribution is -2.20. The van der Waals surface area contributed by atoms with Crippen LogP contribution in [0.25, 0.3) is 0 Å². The van der Waals surface area contributed by atoms with Crippen molar-refractivity contribution in [1.29, 1.82) is 0 Å². The second-order valence-corrected chi connectivity index (χ2v) is 4.23. The fraction of sp³-hybridized carbons (Fsp3) is 0.385. The minimum Gasteiger partial charge on any atom is -0.508 e.